The molecule has 0 atom stereocenters. The second-order valence-corrected chi connectivity index (χ2v) is 5.45. The molecule has 1 aliphatic rings. The Hall–Kier alpha value is -0.840. The third-order valence-electron chi connectivity index (χ3n) is 2.71. The molecule has 0 aromatic rings. The summed E-state index contributed by atoms with van der Waals surface area (Å²) in [7, 11) is 0. The molecule has 4 nitrogen and oxygen atoms in total. The summed E-state index contributed by atoms with van der Waals surface area (Å²) in [6, 6.07) is 0.153. The van der Waals surface area contributed by atoms with Crippen molar-refractivity contribution in [3.05, 3.63) is 0 Å². The SMILES string of the molecule is CC(C)(C)OC(=O)NC1CCN(CCF)CC1. The number of ether oxygens (including phenoxy) is 1. The van der Waals surface area contributed by atoms with Gasteiger partial charge in [0.25, 0.3) is 0 Å². The first-order valence-electron chi connectivity index (χ1n) is 6.18. The second kappa shape index (κ2) is 6.19. The van der Waals surface area contributed by atoms with E-state index in [9.17, 15) is 9.18 Å². The molecule has 17 heavy (non-hydrogen) atoms. The number of halogens is 1. The molecule has 0 saturated carbocycles. The van der Waals surface area contributed by atoms with E-state index in [0.29, 0.717) is 6.54 Å². The highest BCUT2D eigenvalue weighted by atomic mass is 19.1. The fourth-order valence-electron chi connectivity index (χ4n) is 1.89. The predicted molar refractivity (Wildman–Crippen MR) is 64.8 cm³/mol. The van der Waals surface area contributed by atoms with Gasteiger partial charge in [0.2, 0.25) is 0 Å². The van der Waals surface area contributed by atoms with Gasteiger partial charge in [-0.05, 0) is 33.6 Å². The third kappa shape index (κ3) is 5.86. The summed E-state index contributed by atoms with van der Waals surface area (Å²) < 4.78 is 17.3. The number of nitrogens with zero attached hydrogens (tertiary/aromatic N) is 1. The van der Waals surface area contributed by atoms with Crippen LogP contribution >= 0.6 is 0 Å². The van der Waals surface area contributed by atoms with E-state index in [-0.39, 0.29) is 18.8 Å². The molecule has 1 amide bonds. The molecule has 0 spiro atoms. The number of hydrogen-bond acceptors (Lipinski definition) is 3. The number of carbonyl (C=O) groups excluding carboxylic acids is 1. The molecular formula is C12H23FN2O2. The highest BCUT2D eigenvalue weighted by Gasteiger charge is 2.23. The molecule has 0 aromatic carbocycles. The average Bonchev–Trinajstić information content (AvgIpc) is 2.18. The summed E-state index contributed by atoms with van der Waals surface area (Å²) in [4.78, 5) is 13.6. The van der Waals surface area contributed by atoms with Crippen molar-refractivity contribution in [2.24, 2.45) is 0 Å². The normalized spacial score (nSPS) is 19.1. The number of alkyl carbamates (subject to hydrolysis) is 1. The topological polar surface area (TPSA) is 41.6 Å². The van der Waals surface area contributed by atoms with Crippen LogP contribution < -0.4 is 5.32 Å². The first-order chi connectivity index (χ1) is 7.90. The van der Waals surface area contributed by atoms with E-state index in [0.717, 1.165) is 25.9 Å². The van der Waals surface area contributed by atoms with Gasteiger partial charge in [0, 0.05) is 25.7 Å². The molecule has 100 valence electrons. The van der Waals surface area contributed by atoms with E-state index >= 15 is 0 Å². The van der Waals surface area contributed by atoms with Gasteiger partial charge in [0.15, 0.2) is 0 Å². The Kier molecular flexibility index (Phi) is 5.18. The van der Waals surface area contributed by atoms with Crippen molar-refractivity contribution < 1.29 is 13.9 Å². The van der Waals surface area contributed by atoms with Crippen molar-refractivity contribution in [1.82, 2.24) is 10.2 Å². The zero-order valence-corrected chi connectivity index (χ0v) is 11.0. The van der Waals surface area contributed by atoms with E-state index in [1.165, 1.54) is 0 Å². The van der Waals surface area contributed by atoms with Gasteiger partial charge in [-0.1, -0.05) is 0 Å². The molecule has 0 aliphatic carbocycles. The van der Waals surface area contributed by atoms with Crippen LogP contribution in [0.4, 0.5) is 9.18 Å². The number of alkyl halides is 1. The molecule has 1 rings (SSSR count). The Labute approximate surface area is 102 Å². The Morgan fingerprint density at radius 3 is 2.47 bits per heavy atom. The Balaban J connectivity index is 2.24. The van der Waals surface area contributed by atoms with Crippen molar-refractivity contribution in [3.63, 3.8) is 0 Å². The van der Waals surface area contributed by atoms with E-state index in [2.05, 4.69) is 10.2 Å². The van der Waals surface area contributed by atoms with Crippen molar-refractivity contribution in [2.45, 2.75) is 45.3 Å². The number of piperidine rings is 1. The maximum absolute atomic E-state index is 12.1. The van der Waals surface area contributed by atoms with E-state index in [1.54, 1.807) is 0 Å². The summed E-state index contributed by atoms with van der Waals surface area (Å²) in [6.07, 6.45) is 1.36. The zero-order chi connectivity index (χ0) is 12.9. The van der Waals surface area contributed by atoms with Crippen LogP contribution in [0.1, 0.15) is 33.6 Å². The third-order valence-corrected chi connectivity index (χ3v) is 2.71. The van der Waals surface area contributed by atoms with Crippen LogP contribution in [-0.4, -0.2) is 48.9 Å². The smallest absolute Gasteiger partial charge is 0.407 e. The van der Waals surface area contributed by atoms with Crippen molar-refractivity contribution in [1.29, 1.82) is 0 Å². The standard InChI is InChI=1S/C12H23FN2O2/c1-12(2,3)17-11(16)14-10-4-7-15(8-5-10)9-6-13/h10H,4-9H2,1-3H3,(H,14,16). The van der Waals surface area contributed by atoms with Gasteiger partial charge in [0.1, 0.15) is 12.3 Å². The monoisotopic (exact) mass is 246 g/mol. The van der Waals surface area contributed by atoms with Crippen molar-refractivity contribution in [3.8, 4) is 0 Å². The summed E-state index contributed by atoms with van der Waals surface area (Å²) >= 11 is 0. The molecule has 0 unspecified atom stereocenters. The van der Waals surface area contributed by atoms with Crippen LogP contribution in [-0.2, 0) is 4.74 Å². The molecule has 0 radical (unpaired) electrons. The van der Waals surface area contributed by atoms with Crippen LogP contribution in [0.5, 0.6) is 0 Å². The Morgan fingerprint density at radius 2 is 2.00 bits per heavy atom. The van der Waals surface area contributed by atoms with Gasteiger partial charge in [-0.3, -0.25) is 0 Å². The minimum Gasteiger partial charge on any atom is -0.444 e. The Morgan fingerprint density at radius 1 is 1.41 bits per heavy atom. The second-order valence-electron chi connectivity index (χ2n) is 5.45. The molecule has 1 aliphatic heterocycles. The molecule has 1 saturated heterocycles. The number of amides is 1. The van der Waals surface area contributed by atoms with Gasteiger partial charge < -0.3 is 15.0 Å². The van der Waals surface area contributed by atoms with Crippen LogP contribution in [0.3, 0.4) is 0 Å². The summed E-state index contributed by atoms with van der Waals surface area (Å²) in [5.41, 5.74) is -0.459. The lowest BCUT2D eigenvalue weighted by molar-refractivity contribution is 0.0478. The zero-order valence-electron chi connectivity index (χ0n) is 11.0. The van der Waals surface area contributed by atoms with Gasteiger partial charge >= 0.3 is 6.09 Å². The van der Waals surface area contributed by atoms with Crippen LogP contribution in [0.25, 0.3) is 0 Å². The lowest BCUT2D eigenvalue weighted by atomic mass is 10.1. The van der Waals surface area contributed by atoms with Gasteiger partial charge in [0.05, 0.1) is 0 Å². The van der Waals surface area contributed by atoms with Gasteiger partial charge in [-0.15, -0.1) is 0 Å². The quantitative estimate of drug-likeness (QED) is 0.827. The van der Waals surface area contributed by atoms with Crippen molar-refractivity contribution in [2.75, 3.05) is 26.3 Å². The van der Waals surface area contributed by atoms with E-state index < -0.39 is 5.60 Å². The van der Waals surface area contributed by atoms with Crippen LogP contribution in [0, 0.1) is 0 Å². The molecule has 1 N–H and O–H groups in total. The molecule has 1 fully saturated rings. The number of carbonyl (C=O) groups is 1. The average molecular weight is 246 g/mol. The number of nitrogens with one attached hydrogen (secondary N) is 1. The first kappa shape index (κ1) is 14.2. The number of likely N-dealkylation sites (tertiary alicyclic amines) is 1. The first-order valence-corrected chi connectivity index (χ1v) is 6.18. The maximum atomic E-state index is 12.1. The molecule has 5 heteroatoms. The lowest BCUT2D eigenvalue weighted by Gasteiger charge is -2.32. The van der Waals surface area contributed by atoms with Crippen LogP contribution in [0.2, 0.25) is 0 Å². The maximum Gasteiger partial charge on any atom is 0.407 e. The lowest BCUT2D eigenvalue weighted by Crippen LogP contribution is -2.46. The Bertz CT molecular complexity index is 245. The summed E-state index contributed by atoms with van der Waals surface area (Å²) in [5, 5.41) is 2.86. The fourth-order valence-corrected chi connectivity index (χ4v) is 1.89. The van der Waals surface area contributed by atoms with E-state index in [1.807, 2.05) is 20.8 Å². The minimum atomic E-state index is -0.459. The minimum absolute atomic E-state index is 0.153. The highest BCUT2D eigenvalue weighted by molar-refractivity contribution is 5.68. The number of rotatable bonds is 3. The largest absolute Gasteiger partial charge is 0.444 e. The van der Waals surface area contributed by atoms with Gasteiger partial charge in [-0.25, -0.2) is 9.18 Å². The summed E-state index contributed by atoms with van der Waals surface area (Å²) in [6.45, 7) is 7.40. The van der Waals surface area contributed by atoms with Gasteiger partial charge in [-0.2, -0.15) is 0 Å². The molecular weight excluding hydrogens is 223 g/mol. The van der Waals surface area contributed by atoms with E-state index in [4.69, 9.17) is 4.74 Å². The predicted octanol–water partition coefficient (Wildman–Crippen LogP) is 1.95. The van der Waals surface area contributed by atoms with Crippen molar-refractivity contribution >= 4 is 6.09 Å². The van der Waals surface area contributed by atoms with Crippen LogP contribution in [0.15, 0.2) is 0 Å². The molecule has 0 bridgehead atoms. The highest BCUT2D eigenvalue weighted by Crippen LogP contribution is 2.12. The summed E-state index contributed by atoms with van der Waals surface area (Å²) in [5.74, 6) is 0. The molecule has 1 heterocycles. The molecule has 0 aromatic heterocycles. The fraction of sp³-hybridized carbons (Fsp3) is 0.917. The number of hydrogen-bond donors (Lipinski definition) is 1.